The second-order valence-corrected chi connectivity index (χ2v) is 5.57. The fraction of sp³-hybridized carbons (Fsp3) is 0.769. The lowest BCUT2D eigenvalue weighted by Crippen LogP contribution is -2.33. The van der Waals surface area contributed by atoms with E-state index >= 15 is 0 Å². The number of hydrogen-bond acceptors (Lipinski definition) is 5. The SMILES string of the molecule is Cc1ncc([N+](=O)[O-])n1CCN(C)CCC(N)C(C)C. The molecule has 7 heteroatoms. The van der Waals surface area contributed by atoms with Gasteiger partial charge < -0.3 is 20.7 Å². The van der Waals surface area contributed by atoms with Gasteiger partial charge in [-0.1, -0.05) is 13.8 Å². The van der Waals surface area contributed by atoms with E-state index in [0.29, 0.717) is 18.3 Å². The average Bonchev–Trinajstić information content (AvgIpc) is 2.74. The standard InChI is InChI=1S/C13H25N5O2/c1-10(2)12(14)5-6-16(4)7-8-17-11(3)15-9-13(17)18(19)20/h9-10,12H,5-8,14H2,1-4H3. The summed E-state index contributed by atoms with van der Waals surface area (Å²) in [6.07, 6.45) is 2.24. The molecule has 0 bridgehead atoms. The van der Waals surface area contributed by atoms with Crippen molar-refractivity contribution in [3.8, 4) is 0 Å². The topological polar surface area (TPSA) is 90.2 Å². The molecule has 2 N–H and O–H groups in total. The summed E-state index contributed by atoms with van der Waals surface area (Å²) in [5, 5.41) is 10.9. The summed E-state index contributed by atoms with van der Waals surface area (Å²) in [7, 11) is 2.01. The summed E-state index contributed by atoms with van der Waals surface area (Å²) in [5.41, 5.74) is 6.01. The summed E-state index contributed by atoms with van der Waals surface area (Å²) in [5.74, 6) is 1.19. The van der Waals surface area contributed by atoms with Gasteiger partial charge in [-0.15, -0.1) is 0 Å². The van der Waals surface area contributed by atoms with E-state index in [0.717, 1.165) is 19.5 Å². The van der Waals surface area contributed by atoms with E-state index in [1.54, 1.807) is 11.5 Å². The van der Waals surface area contributed by atoms with Gasteiger partial charge in [0.2, 0.25) is 0 Å². The summed E-state index contributed by atoms with van der Waals surface area (Å²) in [6.45, 7) is 8.20. The molecule has 1 heterocycles. The highest BCUT2D eigenvalue weighted by Gasteiger charge is 2.17. The van der Waals surface area contributed by atoms with Crippen LogP contribution in [0.25, 0.3) is 0 Å². The molecule has 1 unspecified atom stereocenters. The highest BCUT2D eigenvalue weighted by Crippen LogP contribution is 2.13. The van der Waals surface area contributed by atoms with Crippen molar-refractivity contribution in [3.63, 3.8) is 0 Å². The lowest BCUT2D eigenvalue weighted by atomic mass is 10.0. The molecule has 1 atom stereocenters. The van der Waals surface area contributed by atoms with Gasteiger partial charge in [0.25, 0.3) is 0 Å². The summed E-state index contributed by atoms with van der Waals surface area (Å²) in [4.78, 5) is 16.6. The van der Waals surface area contributed by atoms with Crippen LogP contribution >= 0.6 is 0 Å². The number of hydrogen-bond donors (Lipinski definition) is 1. The average molecular weight is 283 g/mol. The lowest BCUT2D eigenvalue weighted by molar-refractivity contribution is -0.392. The minimum atomic E-state index is -0.394. The Morgan fingerprint density at radius 3 is 2.70 bits per heavy atom. The molecule has 1 aromatic rings. The smallest absolute Gasteiger partial charge is 0.342 e. The first-order valence-electron chi connectivity index (χ1n) is 6.93. The molecule has 1 rings (SSSR count). The van der Waals surface area contributed by atoms with Gasteiger partial charge in [-0.3, -0.25) is 0 Å². The van der Waals surface area contributed by atoms with E-state index in [9.17, 15) is 10.1 Å². The van der Waals surface area contributed by atoms with Crippen molar-refractivity contribution in [2.24, 2.45) is 11.7 Å². The Morgan fingerprint density at radius 2 is 2.15 bits per heavy atom. The molecular weight excluding hydrogens is 258 g/mol. The van der Waals surface area contributed by atoms with Gasteiger partial charge >= 0.3 is 5.82 Å². The van der Waals surface area contributed by atoms with E-state index in [-0.39, 0.29) is 11.9 Å². The Labute approximate surface area is 119 Å². The molecule has 20 heavy (non-hydrogen) atoms. The molecule has 0 spiro atoms. The first-order chi connectivity index (χ1) is 9.32. The van der Waals surface area contributed by atoms with Gasteiger partial charge in [-0.2, -0.15) is 0 Å². The summed E-state index contributed by atoms with van der Waals surface area (Å²) >= 11 is 0. The molecule has 0 saturated heterocycles. The molecule has 0 aliphatic carbocycles. The zero-order valence-electron chi connectivity index (χ0n) is 12.7. The Balaban J connectivity index is 2.47. The van der Waals surface area contributed by atoms with Crippen molar-refractivity contribution < 1.29 is 4.92 Å². The quantitative estimate of drug-likeness (QED) is 0.575. The van der Waals surface area contributed by atoms with Crippen LogP contribution in [-0.4, -0.2) is 45.6 Å². The largest absolute Gasteiger partial charge is 0.358 e. The van der Waals surface area contributed by atoms with Gasteiger partial charge in [0.05, 0.1) is 0 Å². The van der Waals surface area contributed by atoms with Crippen molar-refractivity contribution in [3.05, 3.63) is 22.1 Å². The molecule has 1 aromatic heterocycles. The molecule has 0 radical (unpaired) electrons. The van der Waals surface area contributed by atoms with Crippen LogP contribution in [0.15, 0.2) is 6.20 Å². The summed E-state index contributed by atoms with van der Waals surface area (Å²) in [6, 6.07) is 0.196. The maximum Gasteiger partial charge on any atom is 0.342 e. The van der Waals surface area contributed by atoms with Crippen LogP contribution < -0.4 is 5.73 Å². The van der Waals surface area contributed by atoms with Crippen LogP contribution in [0.1, 0.15) is 26.1 Å². The number of imidazole rings is 1. The second-order valence-electron chi connectivity index (χ2n) is 5.57. The molecule has 7 nitrogen and oxygen atoms in total. The predicted molar refractivity (Wildman–Crippen MR) is 78.5 cm³/mol. The number of rotatable bonds is 8. The first-order valence-corrected chi connectivity index (χ1v) is 6.93. The maximum atomic E-state index is 10.9. The van der Waals surface area contributed by atoms with Crippen LogP contribution in [-0.2, 0) is 6.54 Å². The number of nitro groups is 1. The molecule has 0 amide bonds. The number of aromatic nitrogens is 2. The molecular formula is C13H25N5O2. The van der Waals surface area contributed by atoms with Gasteiger partial charge in [-0.25, -0.2) is 9.55 Å². The first kappa shape index (κ1) is 16.6. The molecule has 0 aliphatic heterocycles. The third-order valence-electron chi connectivity index (χ3n) is 3.63. The number of aryl methyl sites for hydroxylation is 1. The van der Waals surface area contributed by atoms with Gasteiger partial charge in [0.1, 0.15) is 12.7 Å². The Morgan fingerprint density at radius 1 is 1.50 bits per heavy atom. The second kappa shape index (κ2) is 7.35. The zero-order chi connectivity index (χ0) is 15.3. The fourth-order valence-corrected chi connectivity index (χ4v) is 1.96. The van der Waals surface area contributed by atoms with Crippen LogP contribution in [0.2, 0.25) is 0 Å². The van der Waals surface area contributed by atoms with Crippen LogP contribution in [0.3, 0.4) is 0 Å². The van der Waals surface area contributed by atoms with E-state index in [2.05, 4.69) is 23.7 Å². The van der Waals surface area contributed by atoms with E-state index < -0.39 is 4.92 Å². The van der Waals surface area contributed by atoms with Crippen LogP contribution in [0.4, 0.5) is 5.82 Å². The third kappa shape index (κ3) is 4.57. The lowest BCUT2D eigenvalue weighted by Gasteiger charge is -2.20. The van der Waals surface area contributed by atoms with Crippen molar-refractivity contribution in [1.29, 1.82) is 0 Å². The maximum absolute atomic E-state index is 10.9. The monoisotopic (exact) mass is 283 g/mol. The van der Waals surface area contributed by atoms with Crippen molar-refractivity contribution >= 4 is 5.82 Å². The van der Waals surface area contributed by atoms with E-state index in [1.165, 1.54) is 6.20 Å². The number of nitrogens with zero attached hydrogens (tertiary/aromatic N) is 4. The van der Waals surface area contributed by atoms with Gasteiger partial charge in [-0.05, 0) is 30.9 Å². The third-order valence-corrected chi connectivity index (χ3v) is 3.63. The van der Waals surface area contributed by atoms with Crippen molar-refractivity contribution in [1.82, 2.24) is 14.5 Å². The van der Waals surface area contributed by atoms with Crippen LogP contribution in [0, 0.1) is 23.0 Å². The predicted octanol–water partition coefficient (Wildman–Crippen LogP) is 1.40. The Hall–Kier alpha value is -1.47. The van der Waals surface area contributed by atoms with Crippen molar-refractivity contribution in [2.75, 3.05) is 20.1 Å². The van der Waals surface area contributed by atoms with Crippen LogP contribution in [0.5, 0.6) is 0 Å². The van der Waals surface area contributed by atoms with E-state index in [4.69, 9.17) is 5.73 Å². The Bertz CT molecular complexity index is 444. The minimum Gasteiger partial charge on any atom is -0.358 e. The minimum absolute atomic E-state index is 0.0507. The molecule has 0 saturated carbocycles. The molecule has 0 aliphatic rings. The molecule has 0 fully saturated rings. The summed E-state index contributed by atoms with van der Waals surface area (Å²) < 4.78 is 1.64. The Kier molecular flexibility index (Phi) is 6.09. The van der Waals surface area contributed by atoms with Crippen molar-refractivity contribution in [2.45, 2.75) is 39.8 Å². The van der Waals surface area contributed by atoms with Gasteiger partial charge in [0, 0.05) is 19.5 Å². The number of nitrogens with two attached hydrogens (primary N) is 1. The molecule has 0 aromatic carbocycles. The highest BCUT2D eigenvalue weighted by atomic mass is 16.6. The normalized spacial score (nSPS) is 13.2. The zero-order valence-corrected chi connectivity index (χ0v) is 12.7. The molecule has 114 valence electrons. The number of likely N-dealkylation sites (N-methyl/N-ethyl adjacent to an activating group) is 1. The van der Waals surface area contributed by atoms with E-state index in [1.807, 2.05) is 7.05 Å². The van der Waals surface area contributed by atoms with Gasteiger partial charge in [0.15, 0.2) is 5.82 Å². The fourth-order valence-electron chi connectivity index (χ4n) is 1.96. The highest BCUT2D eigenvalue weighted by molar-refractivity contribution is 5.18.